The molecule has 1 aromatic rings. The average Bonchev–Trinajstić information content (AvgIpc) is 3.01. The lowest BCUT2D eigenvalue weighted by Crippen LogP contribution is -2.16. The molecule has 0 aromatic heterocycles. The van der Waals surface area contributed by atoms with Crippen LogP contribution in [0.1, 0.15) is 24.0 Å². The first-order chi connectivity index (χ1) is 6.64. The number of halogens is 2. The van der Waals surface area contributed by atoms with Crippen molar-refractivity contribution in [2.75, 3.05) is 0 Å². The lowest BCUT2D eigenvalue weighted by Gasteiger charge is -2.16. The molecule has 0 aliphatic heterocycles. The van der Waals surface area contributed by atoms with E-state index in [1.165, 1.54) is 6.07 Å². The first-order valence-corrected chi connectivity index (χ1v) is 5.36. The molecule has 1 aliphatic carbocycles. The van der Waals surface area contributed by atoms with Gasteiger partial charge in [-0.05, 0) is 24.5 Å². The van der Waals surface area contributed by atoms with Gasteiger partial charge in [0.25, 0.3) is 5.92 Å². The van der Waals surface area contributed by atoms with Gasteiger partial charge in [0.05, 0.1) is 0 Å². The lowest BCUT2D eigenvalue weighted by atomic mass is 10.0. The van der Waals surface area contributed by atoms with E-state index in [1.807, 2.05) is 6.07 Å². The Balaban J connectivity index is 2.30. The van der Waals surface area contributed by atoms with Crippen molar-refractivity contribution in [1.82, 2.24) is 0 Å². The van der Waals surface area contributed by atoms with Crippen LogP contribution in [0, 0.1) is 5.92 Å². The van der Waals surface area contributed by atoms with Gasteiger partial charge in [-0.1, -0.05) is 18.2 Å². The zero-order valence-corrected chi connectivity index (χ0v) is 8.61. The minimum absolute atomic E-state index is 0.145. The van der Waals surface area contributed by atoms with Crippen molar-refractivity contribution in [2.45, 2.75) is 24.5 Å². The van der Waals surface area contributed by atoms with Crippen LogP contribution in [0.2, 0.25) is 0 Å². The van der Waals surface area contributed by atoms with Gasteiger partial charge in [0.15, 0.2) is 0 Å². The molecule has 0 atom stereocenters. The van der Waals surface area contributed by atoms with Gasteiger partial charge in [-0.3, -0.25) is 0 Å². The fourth-order valence-electron chi connectivity index (χ4n) is 1.56. The van der Waals surface area contributed by atoms with E-state index in [4.69, 9.17) is 0 Å². The van der Waals surface area contributed by atoms with Crippen LogP contribution in [0.4, 0.5) is 8.78 Å². The summed E-state index contributed by atoms with van der Waals surface area (Å²) in [5.41, 5.74) is 0.998. The van der Waals surface area contributed by atoms with Gasteiger partial charge in [-0.2, -0.15) is 12.6 Å². The highest BCUT2D eigenvalue weighted by Crippen LogP contribution is 2.49. The Hall–Kier alpha value is -0.570. The first-order valence-electron chi connectivity index (χ1n) is 4.72. The van der Waals surface area contributed by atoms with E-state index in [-0.39, 0.29) is 5.56 Å². The molecule has 1 fully saturated rings. The second-order valence-electron chi connectivity index (χ2n) is 3.76. The van der Waals surface area contributed by atoms with Gasteiger partial charge < -0.3 is 0 Å². The number of hydrogen-bond donors (Lipinski definition) is 1. The van der Waals surface area contributed by atoms with Crippen molar-refractivity contribution < 1.29 is 8.78 Å². The molecular formula is C11H12F2S. The number of thiol groups is 1. The summed E-state index contributed by atoms with van der Waals surface area (Å²) in [4.78, 5) is 0. The van der Waals surface area contributed by atoms with Crippen molar-refractivity contribution in [1.29, 1.82) is 0 Å². The van der Waals surface area contributed by atoms with Gasteiger partial charge in [0, 0.05) is 17.2 Å². The van der Waals surface area contributed by atoms with E-state index in [9.17, 15) is 8.78 Å². The smallest absolute Gasteiger partial charge is 0.201 e. The summed E-state index contributed by atoms with van der Waals surface area (Å²) in [7, 11) is 0. The second-order valence-corrected chi connectivity index (χ2v) is 4.07. The standard InChI is InChI=1S/C11H12F2S/c12-11(13,9-4-5-9)10-3-1-2-8(6-10)7-14/h1-3,6,9,14H,4-5,7H2. The van der Waals surface area contributed by atoms with Gasteiger partial charge in [-0.15, -0.1) is 0 Å². The van der Waals surface area contributed by atoms with Crippen molar-refractivity contribution in [3.63, 3.8) is 0 Å². The Morgan fingerprint density at radius 2 is 2.07 bits per heavy atom. The fraction of sp³-hybridized carbons (Fsp3) is 0.455. The molecule has 0 heterocycles. The van der Waals surface area contributed by atoms with E-state index >= 15 is 0 Å². The van der Waals surface area contributed by atoms with Crippen LogP contribution in [0.15, 0.2) is 24.3 Å². The predicted octanol–water partition coefficient (Wildman–Crippen LogP) is 3.62. The maximum atomic E-state index is 13.6. The minimum Gasteiger partial charge on any atom is -0.201 e. The molecule has 0 amide bonds. The number of benzene rings is 1. The largest absolute Gasteiger partial charge is 0.276 e. The quantitative estimate of drug-likeness (QED) is 0.730. The third-order valence-electron chi connectivity index (χ3n) is 2.58. The maximum Gasteiger partial charge on any atom is 0.276 e. The van der Waals surface area contributed by atoms with E-state index in [0.717, 1.165) is 5.56 Å². The summed E-state index contributed by atoms with van der Waals surface area (Å²) >= 11 is 4.08. The van der Waals surface area contributed by atoms with Gasteiger partial charge >= 0.3 is 0 Å². The van der Waals surface area contributed by atoms with Crippen molar-refractivity contribution in [3.05, 3.63) is 35.4 Å². The molecule has 0 saturated heterocycles. The normalized spacial score (nSPS) is 17.1. The molecule has 0 spiro atoms. The van der Waals surface area contributed by atoms with Crippen LogP contribution in [0.3, 0.4) is 0 Å². The van der Waals surface area contributed by atoms with E-state index in [0.29, 0.717) is 18.6 Å². The molecule has 3 heteroatoms. The molecule has 76 valence electrons. The Bertz CT molecular complexity index is 332. The average molecular weight is 214 g/mol. The van der Waals surface area contributed by atoms with E-state index in [1.54, 1.807) is 12.1 Å². The third-order valence-corrected chi connectivity index (χ3v) is 2.95. The highest BCUT2D eigenvalue weighted by Gasteiger charge is 2.47. The van der Waals surface area contributed by atoms with Crippen molar-refractivity contribution in [2.24, 2.45) is 5.92 Å². The minimum atomic E-state index is -2.64. The Morgan fingerprint density at radius 1 is 1.36 bits per heavy atom. The highest BCUT2D eigenvalue weighted by atomic mass is 32.1. The lowest BCUT2D eigenvalue weighted by molar-refractivity contribution is -0.0286. The Kier molecular flexibility index (Phi) is 2.52. The molecular weight excluding hydrogens is 202 g/mol. The first kappa shape index (κ1) is 9.97. The SMILES string of the molecule is FC(F)(c1cccc(CS)c1)C1CC1. The number of rotatable bonds is 3. The molecule has 0 N–H and O–H groups in total. The Morgan fingerprint density at radius 3 is 2.64 bits per heavy atom. The predicted molar refractivity (Wildman–Crippen MR) is 55.8 cm³/mol. The molecule has 2 rings (SSSR count). The van der Waals surface area contributed by atoms with Gasteiger partial charge in [0.1, 0.15) is 0 Å². The molecule has 1 aliphatic rings. The van der Waals surface area contributed by atoms with Gasteiger partial charge in [0.2, 0.25) is 0 Å². The number of hydrogen-bond acceptors (Lipinski definition) is 1. The third kappa shape index (κ3) is 1.78. The van der Waals surface area contributed by atoms with Crippen LogP contribution >= 0.6 is 12.6 Å². The van der Waals surface area contributed by atoms with Crippen LogP contribution in [-0.4, -0.2) is 0 Å². The molecule has 0 unspecified atom stereocenters. The molecule has 14 heavy (non-hydrogen) atoms. The summed E-state index contributed by atoms with van der Waals surface area (Å²) < 4.78 is 27.3. The molecule has 0 nitrogen and oxygen atoms in total. The monoisotopic (exact) mass is 214 g/mol. The van der Waals surface area contributed by atoms with Crippen LogP contribution in [0.5, 0.6) is 0 Å². The van der Waals surface area contributed by atoms with Crippen molar-refractivity contribution in [3.8, 4) is 0 Å². The van der Waals surface area contributed by atoms with Gasteiger partial charge in [-0.25, -0.2) is 8.78 Å². The van der Waals surface area contributed by atoms with Crippen LogP contribution < -0.4 is 0 Å². The maximum absolute atomic E-state index is 13.6. The molecule has 0 bridgehead atoms. The van der Waals surface area contributed by atoms with Crippen molar-refractivity contribution >= 4 is 12.6 Å². The van der Waals surface area contributed by atoms with Crippen LogP contribution in [0.25, 0.3) is 0 Å². The molecule has 0 radical (unpaired) electrons. The summed E-state index contributed by atoms with van der Waals surface area (Å²) in [6.07, 6.45) is 1.30. The fourth-order valence-corrected chi connectivity index (χ4v) is 1.76. The van der Waals surface area contributed by atoms with E-state index < -0.39 is 11.8 Å². The van der Waals surface area contributed by atoms with Crippen LogP contribution in [-0.2, 0) is 11.7 Å². The summed E-state index contributed by atoms with van der Waals surface area (Å²) in [6, 6.07) is 6.56. The Labute approximate surface area is 87.7 Å². The van der Waals surface area contributed by atoms with E-state index in [2.05, 4.69) is 12.6 Å². The summed E-state index contributed by atoms with van der Waals surface area (Å²) in [5.74, 6) is -2.56. The second kappa shape index (κ2) is 3.54. The molecule has 1 aromatic carbocycles. The topological polar surface area (TPSA) is 0 Å². The number of alkyl halides is 2. The molecule has 1 saturated carbocycles. The summed E-state index contributed by atoms with van der Waals surface area (Å²) in [6.45, 7) is 0. The zero-order chi connectivity index (χ0) is 10.2. The highest BCUT2D eigenvalue weighted by molar-refractivity contribution is 7.79. The zero-order valence-electron chi connectivity index (χ0n) is 7.71. The summed E-state index contributed by atoms with van der Waals surface area (Å²) in [5, 5.41) is 0.